The largest absolute Gasteiger partial charge is 0.480 e. The zero-order chi connectivity index (χ0) is 7.98. The molecule has 0 aliphatic heterocycles. The number of hydrogen-bond donors (Lipinski definition) is 2. The van der Waals surface area contributed by atoms with Crippen LogP contribution in [0.25, 0.3) is 0 Å². The third-order valence-electron chi connectivity index (χ3n) is 1.13. The second-order valence-corrected chi connectivity index (χ2v) is 2.85. The smallest absolute Gasteiger partial charge is 0.320 e. The fourth-order valence-electron chi connectivity index (χ4n) is 0.473. The molecule has 5 heteroatoms. The van der Waals surface area contributed by atoms with Crippen molar-refractivity contribution in [2.75, 3.05) is 11.9 Å². The van der Waals surface area contributed by atoms with Crippen molar-refractivity contribution in [3.63, 3.8) is 0 Å². The summed E-state index contributed by atoms with van der Waals surface area (Å²) in [4.78, 5) is 10.2. The molecule has 2 N–H and O–H groups in total. The normalized spacial score (nSPS) is 11.8. The zero-order valence-corrected chi connectivity index (χ0v) is 9.64. The maximum absolute atomic E-state index is 10.2. The first kappa shape index (κ1) is 13.9. The average molecular weight is 291 g/mol. The summed E-state index contributed by atoms with van der Waals surface area (Å²) < 4.78 is 0. The molecule has 0 rings (SSSR count). The van der Waals surface area contributed by atoms with E-state index >= 15 is 0 Å². The molecule has 0 aromatic carbocycles. The topological polar surface area (TPSA) is 49.3 Å². The van der Waals surface area contributed by atoms with Crippen molar-refractivity contribution in [2.45, 2.75) is 19.4 Å². The molecule has 0 aromatic heterocycles. The molecular weight excluding hydrogens is 278 g/mol. The van der Waals surface area contributed by atoms with Gasteiger partial charge in [0, 0.05) is 5.33 Å². The third-order valence-corrected chi connectivity index (χ3v) is 1.69. The van der Waals surface area contributed by atoms with Gasteiger partial charge in [0.25, 0.3) is 0 Å². The summed E-state index contributed by atoms with van der Waals surface area (Å²) in [5.74, 6) is -0.797. The van der Waals surface area contributed by atoms with Gasteiger partial charge in [-0.25, -0.2) is 0 Å². The lowest BCUT2D eigenvalue weighted by Gasteiger charge is -2.06. The quantitative estimate of drug-likeness (QED) is 0.595. The van der Waals surface area contributed by atoms with Gasteiger partial charge in [-0.2, -0.15) is 0 Å². The SMILES string of the molecule is Br.CC(NCCCBr)C(=O)O. The second kappa shape index (κ2) is 8.49. The molecule has 1 unspecified atom stereocenters. The van der Waals surface area contributed by atoms with Crippen molar-refractivity contribution in [3.8, 4) is 0 Å². The zero-order valence-electron chi connectivity index (χ0n) is 6.34. The lowest BCUT2D eigenvalue weighted by Crippen LogP contribution is -2.34. The van der Waals surface area contributed by atoms with Crippen molar-refractivity contribution >= 4 is 38.9 Å². The minimum absolute atomic E-state index is 0. The van der Waals surface area contributed by atoms with Crippen molar-refractivity contribution in [1.29, 1.82) is 0 Å². The molecule has 0 spiro atoms. The van der Waals surface area contributed by atoms with E-state index in [-0.39, 0.29) is 17.0 Å². The Morgan fingerprint density at radius 3 is 2.64 bits per heavy atom. The molecule has 68 valence electrons. The van der Waals surface area contributed by atoms with Gasteiger partial charge in [-0.15, -0.1) is 17.0 Å². The van der Waals surface area contributed by atoms with E-state index in [1.165, 1.54) is 0 Å². The van der Waals surface area contributed by atoms with E-state index in [1.54, 1.807) is 6.92 Å². The van der Waals surface area contributed by atoms with Gasteiger partial charge in [0.15, 0.2) is 0 Å². The van der Waals surface area contributed by atoms with Crippen LogP contribution in [-0.4, -0.2) is 29.0 Å². The van der Waals surface area contributed by atoms with Crippen molar-refractivity contribution in [2.24, 2.45) is 0 Å². The van der Waals surface area contributed by atoms with Gasteiger partial charge in [-0.3, -0.25) is 4.79 Å². The molecule has 0 aliphatic rings. The summed E-state index contributed by atoms with van der Waals surface area (Å²) in [6.07, 6.45) is 0.956. The Morgan fingerprint density at radius 1 is 1.73 bits per heavy atom. The van der Waals surface area contributed by atoms with Crippen LogP contribution in [0.3, 0.4) is 0 Å². The first-order valence-electron chi connectivity index (χ1n) is 3.20. The molecule has 0 aromatic rings. The van der Waals surface area contributed by atoms with Gasteiger partial charge in [0.05, 0.1) is 0 Å². The molecule has 0 saturated heterocycles. The van der Waals surface area contributed by atoms with Crippen LogP contribution in [0.4, 0.5) is 0 Å². The van der Waals surface area contributed by atoms with Crippen molar-refractivity contribution < 1.29 is 9.90 Å². The Bertz CT molecular complexity index is 111. The molecule has 0 bridgehead atoms. The Kier molecular flexibility index (Phi) is 10.8. The highest BCUT2D eigenvalue weighted by molar-refractivity contribution is 9.09. The molecular formula is C6H13Br2NO2. The summed E-state index contributed by atoms with van der Waals surface area (Å²) in [6.45, 7) is 2.38. The molecule has 1 atom stereocenters. The van der Waals surface area contributed by atoms with Gasteiger partial charge in [-0.05, 0) is 19.9 Å². The number of aliphatic carboxylic acids is 1. The monoisotopic (exact) mass is 289 g/mol. The summed E-state index contributed by atoms with van der Waals surface area (Å²) in [7, 11) is 0. The lowest BCUT2D eigenvalue weighted by molar-refractivity contribution is -0.138. The van der Waals surface area contributed by atoms with Crippen LogP contribution < -0.4 is 5.32 Å². The molecule has 0 amide bonds. The molecule has 0 heterocycles. The minimum Gasteiger partial charge on any atom is -0.480 e. The number of carboxylic acid groups (broad SMARTS) is 1. The van der Waals surface area contributed by atoms with Gasteiger partial charge in [-0.1, -0.05) is 15.9 Å². The van der Waals surface area contributed by atoms with E-state index < -0.39 is 12.0 Å². The standard InChI is InChI=1S/C6H12BrNO2.BrH/c1-5(6(9)10)8-4-2-3-7;/h5,8H,2-4H2,1H3,(H,9,10);1H. The number of halogens is 2. The maximum Gasteiger partial charge on any atom is 0.320 e. The van der Waals surface area contributed by atoms with E-state index in [0.29, 0.717) is 0 Å². The fourth-order valence-corrected chi connectivity index (χ4v) is 0.753. The van der Waals surface area contributed by atoms with E-state index in [2.05, 4.69) is 21.2 Å². The highest BCUT2D eigenvalue weighted by atomic mass is 79.9. The number of hydrogen-bond acceptors (Lipinski definition) is 2. The molecule has 3 nitrogen and oxygen atoms in total. The van der Waals surface area contributed by atoms with Gasteiger partial charge in [0.1, 0.15) is 6.04 Å². The first-order chi connectivity index (χ1) is 4.68. The van der Waals surface area contributed by atoms with Crippen molar-refractivity contribution in [1.82, 2.24) is 5.32 Å². The number of nitrogens with one attached hydrogen (secondary N) is 1. The van der Waals surface area contributed by atoms with Crippen molar-refractivity contribution in [3.05, 3.63) is 0 Å². The second-order valence-electron chi connectivity index (χ2n) is 2.06. The van der Waals surface area contributed by atoms with Crippen LogP contribution in [0.1, 0.15) is 13.3 Å². The van der Waals surface area contributed by atoms with Crippen LogP contribution in [0, 0.1) is 0 Å². The Morgan fingerprint density at radius 2 is 2.27 bits per heavy atom. The first-order valence-corrected chi connectivity index (χ1v) is 4.32. The van der Waals surface area contributed by atoms with Gasteiger partial charge < -0.3 is 10.4 Å². The van der Waals surface area contributed by atoms with E-state index in [0.717, 1.165) is 18.3 Å². The molecule has 0 radical (unpaired) electrons. The van der Waals surface area contributed by atoms with Crippen LogP contribution in [0.15, 0.2) is 0 Å². The Balaban J connectivity index is 0. The predicted molar refractivity (Wildman–Crippen MR) is 53.8 cm³/mol. The minimum atomic E-state index is -0.797. The summed E-state index contributed by atoms with van der Waals surface area (Å²) in [5, 5.41) is 12.2. The third kappa shape index (κ3) is 8.29. The van der Waals surface area contributed by atoms with Crippen LogP contribution >= 0.6 is 32.9 Å². The molecule has 0 aliphatic carbocycles. The van der Waals surface area contributed by atoms with Gasteiger partial charge in [0.2, 0.25) is 0 Å². The molecule has 0 fully saturated rings. The van der Waals surface area contributed by atoms with E-state index in [1.807, 2.05) is 0 Å². The number of carboxylic acids is 1. The Hall–Kier alpha value is 0.390. The number of alkyl halides is 1. The maximum atomic E-state index is 10.2. The number of rotatable bonds is 5. The fraction of sp³-hybridized carbons (Fsp3) is 0.833. The number of carbonyl (C=O) groups is 1. The average Bonchev–Trinajstić information content (AvgIpc) is 1.88. The summed E-state index contributed by atoms with van der Waals surface area (Å²) in [5.41, 5.74) is 0. The highest BCUT2D eigenvalue weighted by Gasteiger charge is 2.07. The van der Waals surface area contributed by atoms with E-state index in [4.69, 9.17) is 5.11 Å². The predicted octanol–water partition coefficient (Wildman–Crippen LogP) is 1.41. The van der Waals surface area contributed by atoms with E-state index in [9.17, 15) is 4.79 Å². The Labute approximate surface area is 85.4 Å². The summed E-state index contributed by atoms with van der Waals surface area (Å²) in [6, 6.07) is -0.431. The lowest BCUT2D eigenvalue weighted by atomic mass is 10.3. The summed E-state index contributed by atoms with van der Waals surface area (Å²) >= 11 is 3.25. The highest BCUT2D eigenvalue weighted by Crippen LogP contribution is 1.86. The van der Waals surface area contributed by atoms with Crippen LogP contribution in [-0.2, 0) is 4.79 Å². The van der Waals surface area contributed by atoms with Crippen LogP contribution in [0.2, 0.25) is 0 Å². The molecule has 11 heavy (non-hydrogen) atoms. The molecule has 0 saturated carbocycles. The van der Waals surface area contributed by atoms with Crippen LogP contribution in [0.5, 0.6) is 0 Å². The van der Waals surface area contributed by atoms with Gasteiger partial charge >= 0.3 is 5.97 Å².